The first-order valence-electron chi connectivity index (χ1n) is 7.06. The quantitative estimate of drug-likeness (QED) is 0.843. The van der Waals surface area contributed by atoms with Gasteiger partial charge in [-0.15, -0.1) is 0 Å². The minimum atomic E-state index is -4.70. The molecular formula is C14H20F3N3O4. The summed E-state index contributed by atoms with van der Waals surface area (Å²) in [5, 5.41) is 5.83. The summed E-state index contributed by atoms with van der Waals surface area (Å²) in [7, 11) is 1.05. The van der Waals surface area contributed by atoms with E-state index in [9.17, 15) is 22.8 Å². The standard InChI is InChI=1S/C14H20F3N3O4/c1-8(18-12(22)24-13(2,3)4)7-20-9(11(21)23-5)6-10(19-20)14(15,16)17/h6,8H,7H2,1-5H3,(H,18,22)/t8-/m0/s1. The van der Waals surface area contributed by atoms with Gasteiger partial charge in [0.1, 0.15) is 11.3 Å². The lowest BCUT2D eigenvalue weighted by Crippen LogP contribution is -2.40. The zero-order valence-electron chi connectivity index (χ0n) is 14.0. The summed E-state index contributed by atoms with van der Waals surface area (Å²) < 4.78 is 48.6. The number of alkyl carbamates (subject to hydrolysis) is 1. The molecule has 0 unspecified atom stereocenters. The Balaban J connectivity index is 2.91. The first-order chi connectivity index (χ1) is 10.8. The number of nitrogens with one attached hydrogen (secondary N) is 1. The monoisotopic (exact) mass is 351 g/mol. The van der Waals surface area contributed by atoms with E-state index in [0.29, 0.717) is 6.07 Å². The average Bonchev–Trinajstić information content (AvgIpc) is 2.78. The van der Waals surface area contributed by atoms with Gasteiger partial charge in [0.05, 0.1) is 13.7 Å². The van der Waals surface area contributed by atoms with Crippen LogP contribution in [0.3, 0.4) is 0 Å². The molecule has 0 radical (unpaired) electrons. The number of carbonyl (C=O) groups excluding carboxylic acids is 2. The van der Waals surface area contributed by atoms with E-state index in [-0.39, 0.29) is 12.2 Å². The molecule has 24 heavy (non-hydrogen) atoms. The largest absolute Gasteiger partial charge is 0.464 e. The molecule has 1 atom stereocenters. The Bertz CT molecular complexity index is 605. The number of methoxy groups -OCH3 is 1. The first kappa shape index (κ1) is 19.8. The number of esters is 1. The van der Waals surface area contributed by atoms with Crippen LogP contribution < -0.4 is 5.32 Å². The molecule has 1 N–H and O–H groups in total. The Morgan fingerprint density at radius 2 is 1.92 bits per heavy atom. The number of ether oxygens (including phenoxy) is 2. The van der Waals surface area contributed by atoms with Crippen LogP contribution in [0, 0.1) is 0 Å². The van der Waals surface area contributed by atoms with Gasteiger partial charge in [-0.3, -0.25) is 4.68 Å². The lowest BCUT2D eigenvalue weighted by molar-refractivity contribution is -0.141. The highest BCUT2D eigenvalue weighted by Crippen LogP contribution is 2.28. The van der Waals surface area contributed by atoms with Crippen LogP contribution in [0.15, 0.2) is 6.07 Å². The summed E-state index contributed by atoms with van der Waals surface area (Å²) in [6.07, 6.45) is -5.42. The van der Waals surface area contributed by atoms with Gasteiger partial charge in [-0.1, -0.05) is 0 Å². The number of halogens is 3. The van der Waals surface area contributed by atoms with Crippen LogP contribution in [0.25, 0.3) is 0 Å². The Kier molecular flexibility index (Phi) is 5.85. The van der Waals surface area contributed by atoms with Crippen molar-refractivity contribution in [3.63, 3.8) is 0 Å². The molecule has 1 rings (SSSR count). The number of aromatic nitrogens is 2. The third kappa shape index (κ3) is 5.74. The van der Waals surface area contributed by atoms with Crippen LogP contribution >= 0.6 is 0 Å². The first-order valence-corrected chi connectivity index (χ1v) is 7.06. The van der Waals surface area contributed by atoms with Crippen LogP contribution in [-0.2, 0) is 22.2 Å². The van der Waals surface area contributed by atoms with Crippen molar-refractivity contribution in [2.24, 2.45) is 0 Å². The van der Waals surface area contributed by atoms with Crippen molar-refractivity contribution in [1.82, 2.24) is 15.1 Å². The number of carbonyl (C=O) groups is 2. The highest BCUT2D eigenvalue weighted by Gasteiger charge is 2.36. The minimum Gasteiger partial charge on any atom is -0.464 e. The Morgan fingerprint density at radius 3 is 2.38 bits per heavy atom. The minimum absolute atomic E-state index is 0.167. The fraction of sp³-hybridized carbons (Fsp3) is 0.643. The van der Waals surface area contributed by atoms with E-state index < -0.39 is 35.6 Å². The van der Waals surface area contributed by atoms with E-state index in [0.717, 1.165) is 11.8 Å². The molecule has 10 heteroatoms. The van der Waals surface area contributed by atoms with Gasteiger partial charge in [-0.2, -0.15) is 18.3 Å². The number of rotatable bonds is 4. The van der Waals surface area contributed by atoms with Crippen LogP contribution in [0.1, 0.15) is 43.9 Å². The number of nitrogens with zero attached hydrogens (tertiary/aromatic N) is 2. The molecule has 7 nitrogen and oxygen atoms in total. The molecule has 1 heterocycles. The predicted molar refractivity (Wildman–Crippen MR) is 77.4 cm³/mol. The second kappa shape index (κ2) is 7.10. The molecule has 0 fully saturated rings. The predicted octanol–water partition coefficient (Wildman–Crippen LogP) is 2.60. The lowest BCUT2D eigenvalue weighted by Gasteiger charge is -2.22. The van der Waals surface area contributed by atoms with Crippen molar-refractivity contribution in [2.75, 3.05) is 7.11 Å². The van der Waals surface area contributed by atoms with Crippen molar-refractivity contribution < 1.29 is 32.2 Å². The van der Waals surface area contributed by atoms with E-state index in [2.05, 4.69) is 15.2 Å². The van der Waals surface area contributed by atoms with Crippen molar-refractivity contribution in [2.45, 2.75) is 52.1 Å². The van der Waals surface area contributed by atoms with Gasteiger partial charge in [0.25, 0.3) is 0 Å². The average molecular weight is 351 g/mol. The van der Waals surface area contributed by atoms with E-state index in [1.165, 1.54) is 0 Å². The van der Waals surface area contributed by atoms with Crippen molar-refractivity contribution in [3.05, 3.63) is 17.5 Å². The van der Waals surface area contributed by atoms with Crippen LogP contribution in [0.2, 0.25) is 0 Å². The second-order valence-electron chi connectivity index (χ2n) is 6.13. The fourth-order valence-electron chi connectivity index (χ4n) is 1.78. The van der Waals surface area contributed by atoms with Crippen LogP contribution in [0.4, 0.5) is 18.0 Å². The maximum absolute atomic E-state index is 12.8. The highest BCUT2D eigenvalue weighted by atomic mass is 19.4. The zero-order valence-corrected chi connectivity index (χ0v) is 14.0. The molecule has 0 aromatic carbocycles. The van der Waals surface area contributed by atoms with E-state index in [1.54, 1.807) is 27.7 Å². The molecule has 1 aromatic heterocycles. The SMILES string of the molecule is COC(=O)c1cc(C(F)(F)F)nn1C[C@H](C)NC(=O)OC(C)(C)C. The molecule has 0 aliphatic carbocycles. The molecule has 0 aliphatic rings. The molecule has 0 saturated heterocycles. The van der Waals surface area contributed by atoms with Crippen molar-refractivity contribution in [1.29, 1.82) is 0 Å². The molecule has 0 saturated carbocycles. The van der Waals surface area contributed by atoms with Gasteiger partial charge >= 0.3 is 18.2 Å². The smallest absolute Gasteiger partial charge is 0.435 e. The van der Waals surface area contributed by atoms with E-state index in [1.807, 2.05) is 0 Å². The number of hydrogen-bond acceptors (Lipinski definition) is 5. The molecule has 0 spiro atoms. The zero-order chi connectivity index (χ0) is 18.7. The molecule has 136 valence electrons. The third-order valence-electron chi connectivity index (χ3n) is 2.67. The number of hydrogen-bond donors (Lipinski definition) is 1. The number of alkyl halides is 3. The summed E-state index contributed by atoms with van der Waals surface area (Å²) in [6, 6.07) is -0.0318. The highest BCUT2D eigenvalue weighted by molar-refractivity contribution is 5.87. The normalized spacial score (nSPS) is 13.3. The fourth-order valence-corrected chi connectivity index (χ4v) is 1.78. The molecule has 1 amide bonds. The molecule has 1 aromatic rings. The Hall–Kier alpha value is -2.26. The van der Waals surface area contributed by atoms with Gasteiger partial charge in [-0.05, 0) is 27.7 Å². The summed E-state index contributed by atoms with van der Waals surface area (Å²) in [5.41, 5.74) is -2.29. The van der Waals surface area contributed by atoms with Gasteiger partial charge in [0, 0.05) is 12.1 Å². The maximum atomic E-state index is 12.8. The number of amides is 1. The molecular weight excluding hydrogens is 331 g/mol. The lowest BCUT2D eigenvalue weighted by atomic mass is 10.2. The van der Waals surface area contributed by atoms with Crippen molar-refractivity contribution in [3.8, 4) is 0 Å². The second-order valence-corrected chi connectivity index (χ2v) is 6.13. The van der Waals surface area contributed by atoms with Gasteiger partial charge < -0.3 is 14.8 Å². The summed E-state index contributed by atoms with van der Waals surface area (Å²) in [5.74, 6) is -0.956. The van der Waals surface area contributed by atoms with E-state index >= 15 is 0 Å². The molecule has 0 aliphatic heterocycles. The summed E-state index contributed by atoms with van der Waals surface area (Å²) >= 11 is 0. The van der Waals surface area contributed by atoms with E-state index in [4.69, 9.17) is 4.74 Å². The Morgan fingerprint density at radius 1 is 1.33 bits per heavy atom. The van der Waals surface area contributed by atoms with Gasteiger partial charge in [0.2, 0.25) is 0 Å². The van der Waals surface area contributed by atoms with Crippen LogP contribution in [0.5, 0.6) is 0 Å². The topological polar surface area (TPSA) is 82.5 Å². The maximum Gasteiger partial charge on any atom is 0.435 e. The summed E-state index contributed by atoms with van der Waals surface area (Å²) in [6.45, 7) is 6.40. The van der Waals surface area contributed by atoms with Gasteiger partial charge in [-0.25, -0.2) is 9.59 Å². The summed E-state index contributed by atoms with van der Waals surface area (Å²) in [4.78, 5) is 23.3. The third-order valence-corrected chi connectivity index (χ3v) is 2.67. The van der Waals surface area contributed by atoms with Gasteiger partial charge in [0.15, 0.2) is 5.69 Å². The van der Waals surface area contributed by atoms with Crippen molar-refractivity contribution >= 4 is 12.1 Å². The molecule has 0 bridgehead atoms. The van der Waals surface area contributed by atoms with Crippen LogP contribution in [-0.4, -0.2) is 40.6 Å². The Labute approximate surface area is 137 Å².